The fourth-order valence-electron chi connectivity index (χ4n) is 1.24. The Labute approximate surface area is 120 Å². The largest absolute Gasteiger partial charge is 0.465 e. The SMILES string of the molecule is CCOC(=O)C(N)CCSCC(=O)Nc1nnc(C)o1. The number of hydrogen-bond donors (Lipinski definition) is 2. The van der Waals surface area contributed by atoms with Crippen molar-refractivity contribution < 1.29 is 18.7 Å². The molecule has 0 fully saturated rings. The lowest BCUT2D eigenvalue weighted by atomic mass is 10.2. The molecule has 20 heavy (non-hydrogen) atoms. The standard InChI is InChI=1S/C11H18N4O4S/c1-3-18-10(17)8(12)4-5-20-6-9(16)13-11-15-14-7(2)19-11/h8H,3-6,12H2,1-2H3,(H,13,15,16). The van der Waals surface area contributed by atoms with Crippen LogP contribution >= 0.6 is 11.8 Å². The van der Waals surface area contributed by atoms with E-state index in [1.165, 1.54) is 11.8 Å². The van der Waals surface area contributed by atoms with E-state index in [1.54, 1.807) is 13.8 Å². The first-order valence-electron chi connectivity index (χ1n) is 6.12. The molecule has 0 aliphatic rings. The third kappa shape index (κ3) is 6.02. The van der Waals surface area contributed by atoms with Gasteiger partial charge in [-0.25, -0.2) is 0 Å². The van der Waals surface area contributed by atoms with Crippen LogP contribution in [0.4, 0.5) is 6.01 Å². The number of aryl methyl sites for hydroxylation is 1. The van der Waals surface area contributed by atoms with Crippen LogP contribution in [0.2, 0.25) is 0 Å². The Morgan fingerprint density at radius 3 is 2.85 bits per heavy atom. The molecule has 0 saturated carbocycles. The Morgan fingerprint density at radius 1 is 1.50 bits per heavy atom. The summed E-state index contributed by atoms with van der Waals surface area (Å²) in [4.78, 5) is 22.8. The number of nitrogens with zero attached hydrogens (tertiary/aromatic N) is 2. The van der Waals surface area contributed by atoms with Crippen molar-refractivity contribution in [2.24, 2.45) is 5.73 Å². The van der Waals surface area contributed by atoms with Gasteiger partial charge in [-0.1, -0.05) is 5.10 Å². The van der Waals surface area contributed by atoms with E-state index in [1.807, 2.05) is 0 Å². The lowest BCUT2D eigenvalue weighted by Crippen LogP contribution is -2.32. The van der Waals surface area contributed by atoms with Crippen LogP contribution in [-0.2, 0) is 14.3 Å². The van der Waals surface area contributed by atoms with Crippen molar-refractivity contribution >= 4 is 29.7 Å². The molecule has 8 nitrogen and oxygen atoms in total. The molecular weight excluding hydrogens is 284 g/mol. The van der Waals surface area contributed by atoms with E-state index in [9.17, 15) is 9.59 Å². The summed E-state index contributed by atoms with van der Waals surface area (Å²) in [5, 5.41) is 9.71. The van der Waals surface area contributed by atoms with Crippen LogP contribution in [0, 0.1) is 6.92 Å². The second kappa shape index (κ2) is 8.54. The van der Waals surface area contributed by atoms with Gasteiger partial charge in [-0.2, -0.15) is 11.8 Å². The van der Waals surface area contributed by atoms with Gasteiger partial charge in [-0.3, -0.25) is 14.9 Å². The van der Waals surface area contributed by atoms with Crippen LogP contribution in [0.25, 0.3) is 0 Å². The van der Waals surface area contributed by atoms with Crippen molar-refractivity contribution in [2.75, 3.05) is 23.4 Å². The molecule has 0 radical (unpaired) electrons. The molecule has 1 amide bonds. The second-order valence-electron chi connectivity index (χ2n) is 3.87. The maximum absolute atomic E-state index is 11.5. The number of carbonyl (C=O) groups is 2. The van der Waals surface area contributed by atoms with Crippen LogP contribution in [0.5, 0.6) is 0 Å². The Morgan fingerprint density at radius 2 is 2.25 bits per heavy atom. The number of ether oxygens (including phenoxy) is 1. The molecule has 112 valence electrons. The molecule has 9 heteroatoms. The highest BCUT2D eigenvalue weighted by Gasteiger charge is 2.14. The molecule has 1 aromatic heterocycles. The minimum absolute atomic E-state index is 0.0799. The fourth-order valence-corrected chi connectivity index (χ4v) is 2.07. The van der Waals surface area contributed by atoms with Crippen LogP contribution in [0.15, 0.2) is 4.42 Å². The zero-order valence-corrected chi connectivity index (χ0v) is 12.2. The molecule has 0 spiro atoms. The van der Waals surface area contributed by atoms with Gasteiger partial charge in [0.1, 0.15) is 6.04 Å². The predicted octanol–water partition coefficient (Wildman–Crippen LogP) is 0.330. The highest BCUT2D eigenvalue weighted by Crippen LogP contribution is 2.08. The Bertz CT molecular complexity index is 451. The van der Waals surface area contributed by atoms with Gasteiger partial charge >= 0.3 is 12.0 Å². The Balaban J connectivity index is 2.14. The fraction of sp³-hybridized carbons (Fsp3) is 0.636. The number of nitrogens with one attached hydrogen (secondary N) is 1. The summed E-state index contributed by atoms with van der Waals surface area (Å²) in [5.41, 5.74) is 5.62. The molecular formula is C11H18N4O4S. The van der Waals surface area contributed by atoms with Gasteiger partial charge < -0.3 is 14.9 Å². The van der Waals surface area contributed by atoms with Crippen molar-refractivity contribution in [1.82, 2.24) is 10.2 Å². The molecule has 1 unspecified atom stereocenters. The molecule has 1 aromatic rings. The van der Waals surface area contributed by atoms with Gasteiger partial charge in [0.25, 0.3) is 0 Å². The number of hydrogen-bond acceptors (Lipinski definition) is 8. The van der Waals surface area contributed by atoms with Crippen LogP contribution < -0.4 is 11.1 Å². The molecule has 1 atom stereocenters. The monoisotopic (exact) mass is 302 g/mol. The third-order valence-electron chi connectivity index (χ3n) is 2.17. The molecule has 1 rings (SSSR count). The third-order valence-corrected chi connectivity index (χ3v) is 3.16. The van der Waals surface area contributed by atoms with E-state index in [4.69, 9.17) is 14.9 Å². The average Bonchev–Trinajstić information content (AvgIpc) is 2.80. The molecule has 3 N–H and O–H groups in total. The smallest absolute Gasteiger partial charge is 0.322 e. The van der Waals surface area contributed by atoms with Gasteiger partial charge in [0, 0.05) is 6.92 Å². The van der Waals surface area contributed by atoms with Gasteiger partial charge in [-0.15, -0.1) is 5.10 Å². The van der Waals surface area contributed by atoms with Crippen molar-refractivity contribution in [3.05, 3.63) is 5.89 Å². The maximum Gasteiger partial charge on any atom is 0.322 e. The van der Waals surface area contributed by atoms with Gasteiger partial charge in [-0.05, 0) is 19.1 Å². The number of esters is 1. The van der Waals surface area contributed by atoms with Gasteiger partial charge in [0.05, 0.1) is 12.4 Å². The van der Waals surface area contributed by atoms with E-state index in [2.05, 4.69) is 15.5 Å². The first-order chi connectivity index (χ1) is 9.52. The summed E-state index contributed by atoms with van der Waals surface area (Å²) >= 11 is 1.36. The summed E-state index contributed by atoms with van der Waals surface area (Å²) in [5.74, 6) is 0.517. The molecule has 1 heterocycles. The molecule has 0 aliphatic heterocycles. The van der Waals surface area contributed by atoms with E-state index in [-0.39, 0.29) is 17.7 Å². The highest BCUT2D eigenvalue weighted by molar-refractivity contribution is 7.99. The van der Waals surface area contributed by atoms with Gasteiger partial charge in [0.15, 0.2) is 0 Å². The van der Waals surface area contributed by atoms with E-state index in [0.717, 1.165) is 0 Å². The van der Waals surface area contributed by atoms with Crippen molar-refractivity contribution in [3.8, 4) is 0 Å². The summed E-state index contributed by atoms with van der Waals surface area (Å²) in [6, 6.07) is -0.569. The lowest BCUT2D eigenvalue weighted by Gasteiger charge is -2.09. The van der Waals surface area contributed by atoms with Crippen molar-refractivity contribution in [2.45, 2.75) is 26.3 Å². The van der Waals surface area contributed by atoms with E-state index >= 15 is 0 Å². The summed E-state index contributed by atoms with van der Waals surface area (Å²) in [6.45, 7) is 3.67. The normalized spacial score (nSPS) is 11.9. The molecule has 0 saturated heterocycles. The zero-order valence-electron chi connectivity index (χ0n) is 11.4. The number of nitrogens with two attached hydrogens (primary N) is 1. The topological polar surface area (TPSA) is 120 Å². The number of amides is 1. The predicted molar refractivity (Wildman–Crippen MR) is 74.2 cm³/mol. The lowest BCUT2D eigenvalue weighted by molar-refractivity contribution is -0.144. The first-order valence-corrected chi connectivity index (χ1v) is 7.28. The minimum Gasteiger partial charge on any atom is -0.465 e. The first kappa shape index (κ1) is 16.4. The summed E-state index contributed by atoms with van der Waals surface area (Å²) in [7, 11) is 0. The van der Waals surface area contributed by atoms with E-state index < -0.39 is 12.0 Å². The van der Waals surface area contributed by atoms with Crippen molar-refractivity contribution in [1.29, 1.82) is 0 Å². The van der Waals surface area contributed by atoms with E-state index in [0.29, 0.717) is 24.7 Å². The number of aromatic nitrogens is 2. The second-order valence-corrected chi connectivity index (χ2v) is 4.98. The highest BCUT2D eigenvalue weighted by atomic mass is 32.2. The number of carbonyl (C=O) groups excluding carboxylic acids is 2. The van der Waals surface area contributed by atoms with Crippen LogP contribution in [0.1, 0.15) is 19.2 Å². The summed E-state index contributed by atoms with van der Waals surface area (Å²) in [6.07, 6.45) is 0.455. The molecule has 0 aliphatic carbocycles. The quantitative estimate of drug-likeness (QED) is 0.520. The van der Waals surface area contributed by atoms with Crippen LogP contribution in [-0.4, -0.2) is 46.2 Å². The Kier molecular flexibility index (Phi) is 7.02. The number of rotatable bonds is 8. The number of anilines is 1. The average molecular weight is 302 g/mol. The summed E-state index contributed by atoms with van der Waals surface area (Å²) < 4.78 is 9.80. The van der Waals surface area contributed by atoms with Gasteiger partial charge in [0.2, 0.25) is 11.8 Å². The maximum atomic E-state index is 11.5. The molecule has 0 aromatic carbocycles. The van der Waals surface area contributed by atoms with Crippen molar-refractivity contribution in [3.63, 3.8) is 0 Å². The number of thioether (sulfide) groups is 1. The molecule has 0 bridgehead atoms. The van der Waals surface area contributed by atoms with Crippen LogP contribution in [0.3, 0.4) is 0 Å². The minimum atomic E-state index is -0.649. The zero-order chi connectivity index (χ0) is 15.0. The Hall–Kier alpha value is -1.61.